The molecule has 0 amide bonds. The SMILES string of the molecule is CCCCCC1CCC(CCCOc2ccc(C(=O)Oc3ccc(CCC4CCC(CCCCC)CC4)cc3)cc2)CC1. The van der Waals surface area contributed by atoms with Gasteiger partial charge in [-0.15, -0.1) is 0 Å². The molecule has 0 bridgehead atoms. The summed E-state index contributed by atoms with van der Waals surface area (Å²) in [5.41, 5.74) is 1.89. The van der Waals surface area contributed by atoms with Crippen molar-refractivity contribution in [2.75, 3.05) is 6.61 Å². The Morgan fingerprint density at radius 2 is 1.05 bits per heavy atom. The van der Waals surface area contributed by atoms with Gasteiger partial charge >= 0.3 is 5.97 Å². The second kappa shape index (κ2) is 19.2. The zero-order valence-electron chi connectivity index (χ0n) is 27.5. The second-order valence-corrected chi connectivity index (χ2v) is 13.9. The first-order valence-corrected chi connectivity index (χ1v) is 18.2. The number of ether oxygens (including phenoxy) is 2. The number of rotatable bonds is 18. The Bertz CT molecular complexity index is 1010. The highest BCUT2D eigenvalue weighted by molar-refractivity contribution is 5.91. The van der Waals surface area contributed by atoms with Gasteiger partial charge in [0.05, 0.1) is 12.2 Å². The Kier molecular flexibility index (Phi) is 15.0. The van der Waals surface area contributed by atoms with E-state index in [1.54, 1.807) is 0 Å². The van der Waals surface area contributed by atoms with Crippen LogP contribution in [0.1, 0.15) is 152 Å². The van der Waals surface area contributed by atoms with Crippen molar-refractivity contribution < 1.29 is 14.3 Å². The molecule has 238 valence electrons. The van der Waals surface area contributed by atoms with Crippen LogP contribution in [0.5, 0.6) is 11.5 Å². The minimum Gasteiger partial charge on any atom is -0.494 e. The van der Waals surface area contributed by atoms with Crippen LogP contribution < -0.4 is 9.47 Å². The molecule has 0 aromatic heterocycles. The molecule has 3 heteroatoms. The number of esters is 1. The molecular formula is C40H60O3. The number of carbonyl (C=O) groups is 1. The zero-order chi connectivity index (χ0) is 30.1. The van der Waals surface area contributed by atoms with Gasteiger partial charge in [0.2, 0.25) is 0 Å². The third-order valence-electron chi connectivity index (χ3n) is 10.5. The van der Waals surface area contributed by atoms with E-state index >= 15 is 0 Å². The summed E-state index contributed by atoms with van der Waals surface area (Å²) in [6.07, 6.45) is 27.2. The number of aryl methyl sites for hydroxylation is 1. The standard InChI is InChI=1S/C40H60O3/c1-3-5-7-10-32-13-15-34(16-14-32)12-9-31-42-38-29-25-37(26-30-38)40(41)43-39-27-23-36(24-28-39)22-21-35-19-17-33(18-20-35)11-8-6-4-2/h23-30,32-35H,3-22,31H2,1-2H3. The fourth-order valence-corrected chi connectivity index (χ4v) is 7.49. The van der Waals surface area contributed by atoms with E-state index in [1.807, 2.05) is 36.4 Å². The van der Waals surface area contributed by atoms with E-state index in [1.165, 1.54) is 121 Å². The average Bonchev–Trinajstić information content (AvgIpc) is 3.04. The van der Waals surface area contributed by atoms with Crippen LogP contribution in [0.25, 0.3) is 0 Å². The third-order valence-corrected chi connectivity index (χ3v) is 10.5. The van der Waals surface area contributed by atoms with Crippen LogP contribution in [0.2, 0.25) is 0 Å². The minimum absolute atomic E-state index is 0.319. The van der Waals surface area contributed by atoms with Crippen LogP contribution in [-0.2, 0) is 6.42 Å². The summed E-state index contributed by atoms with van der Waals surface area (Å²) in [5, 5.41) is 0. The Balaban J connectivity index is 1.08. The fourth-order valence-electron chi connectivity index (χ4n) is 7.49. The molecule has 0 saturated heterocycles. The molecule has 0 unspecified atom stereocenters. The molecule has 43 heavy (non-hydrogen) atoms. The number of hydrogen-bond acceptors (Lipinski definition) is 3. The van der Waals surface area contributed by atoms with E-state index in [2.05, 4.69) is 26.0 Å². The van der Waals surface area contributed by atoms with Crippen molar-refractivity contribution >= 4 is 5.97 Å². The second-order valence-electron chi connectivity index (χ2n) is 13.9. The molecule has 2 fully saturated rings. The largest absolute Gasteiger partial charge is 0.494 e. The number of hydrogen-bond donors (Lipinski definition) is 0. The molecule has 0 N–H and O–H groups in total. The molecule has 2 aromatic carbocycles. The quantitative estimate of drug-likeness (QED) is 0.0987. The van der Waals surface area contributed by atoms with E-state index in [0.717, 1.165) is 48.9 Å². The molecule has 4 rings (SSSR count). The third kappa shape index (κ3) is 12.3. The van der Waals surface area contributed by atoms with Crippen LogP contribution in [0.15, 0.2) is 48.5 Å². The molecule has 2 aromatic rings. The molecule has 2 aliphatic carbocycles. The van der Waals surface area contributed by atoms with Gasteiger partial charge in [0.1, 0.15) is 11.5 Å². The smallest absolute Gasteiger partial charge is 0.343 e. The molecule has 2 aliphatic rings. The molecule has 0 radical (unpaired) electrons. The lowest BCUT2D eigenvalue weighted by Gasteiger charge is -2.28. The van der Waals surface area contributed by atoms with Crippen LogP contribution in [0, 0.1) is 23.7 Å². The Morgan fingerprint density at radius 1 is 0.581 bits per heavy atom. The van der Waals surface area contributed by atoms with Crippen molar-refractivity contribution in [1.82, 2.24) is 0 Å². The molecule has 0 spiro atoms. The van der Waals surface area contributed by atoms with E-state index in [-0.39, 0.29) is 5.97 Å². The molecule has 0 atom stereocenters. The predicted molar refractivity (Wildman–Crippen MR) is 180 cm³/mol. The van der Waals surface area contributed by atoms with Gasteiger partial charge in [-0.25, -0.2) is 4.79 Å². The van der Waals surface area contributed by atoms with E-state index in [4.69, 9.17) is 9.47 Å². The van der Waals surface area contributed by atoms with Gasteiger partial charge in [-0.3, -0.25) is 0 Å². The first-order chi connectivity index (χ1) is 21.1. The zero-order valence-corrected chi connectivity index (χ0v) is 27.5. The Hall–Kier alpha value is -2.29. The predicted octanol–water partition coefficient (Wildman–Crippen LogP) is 11.8. The summed E-state index contributed by atoms with van der Waals surface area (Å²) in [4.78, 5) is 12.7. The maximum absolute atomic E-state index is 12.7. The fraction of sp³-hybridized carbons (Fsp3) is 0.675. The van der Waals surface area contributed by atoms with E-state index in [9.17, 15) is 4.79 Å². The van der Waals surface area contributed by atoms with Gasteiger partial charge in [-0.05, 0) is 91.3 Å². The van der Waals surface area contributed by atoms with Gasteiger partial charge in [-0.2, -0.15) is 0 Å². The van der Waals surface area contributed by atoms with Crippen LogP contribution in [0.4, 0.5) is 0 Å². The first-order valence-electron chi connectivity index (χ1n) is 18.2. The normalized spacial score (nSPS) is 22.3. The highest BCUT2D eigenvalue weighted by atomic mass is 16.5. The maximum atomic E-state index is 12.7. The summed E-state index contributed by atoms with van der Waals surface area (Å²) < 4.78 is 11.7. The topological polar surface area (TPSA) is 35.5 Å². The molecule has 0 aliphatic heterocycles. The van der Waals surface area contributed by atoms with E-state index in [0.29, 0.717) is 11.3 Å². The lowest BCUT2D eigenvalue weighted by Crippen LogP contribution is -2.15. The molecule has 3 nitrogen and oxygen atoms in total. The minimum atomic E-state index is -0.319. The first kappa shape index (κ1) is 33.6. The average molecular weight is 589 g/mol. The number of carbonyl (C=O) groups excluding carboxylic acids is 1. The highest BCUT2D eigenvalue weighted by Crippen LogP contribution is 2.35. The van der Waals surface area contributed by atoms with Gasteiger partial charge in [-0.1, -0.05) is 129 Å². The Morgan fingerprint density at radius 3 is 1.56 bits per heavy atom. The highest BCUT2D eigenvalue weighted by Gasteiger charge is 2.21. The van der Waals surface area contributed by atoms with Gasteiger partial charge in [0.25, 0.3) is 0 Å². The number of unbranched alkanes of at least 4 members (excludes halogenated alkanes) is 4. The van der Waals surface area contributed by atoms with Crippen LogP contribution in [-0.4, -0.2) is 12.6 Å². The Labute approximate surface area is 263 Å². The van der Waals surface area contributed by atoms with E-state index < -0.39 is 0 Å². The monoisotopic (exact) mass is 588 g/mol. The van der Waals surface area contributed by atoms with Crippen molar-refractivity contribution in [2.45, 2.75) is 142 Å². The molecule has 2 saturated carbocycles. The van der Waals surface area contributed by atoms with Crippen molar-refractivity contribution in [2.24, 2.45) is 23.7 Å². The summed E-state index contributed by atoms with van der Waals surface area (Å²) in [6.45, 7) is 5.33. The summed E-state index contributed by atoms with van der Waals surface area (Å²) in [5.74, 6) is 4.82. The summed E-state index contributed by atoms with van der Waals surface area (Å²) in [6, 6.07) is 15.5. The van der Waals surface area contributed by atoms with Gasteiger partial charge < -0.3 is 9.47 Å². The van der Waals surface area contributed by atoms with Crippen LogP contribution in [0.3, 0.4) is 0 Å². The van der Waals surface area contributed by atoms with Crippen molar-refractivity contribution in [3.05, 3.63) is 59.7 Å². The maximum Gasteiger partial charge on any atom is 0.343 e. The van der Waals surface area contributed by atoms with Gasteiger partial charge in [0, 0.05) is 0 Å². The van der Waals surface area contributed by atoms with Crippen molar-refractivity contribution in [3.63, 3.8) is 0 Å². The lowest BCUT2D eigenvalue weighted by atomic mass is 9.78. The number of benzene rings is 2. The van der Waals surface area contributed by atoms with Crippen molar-refractivity contribution in [1.29, 1.82) is 0 Å². The molecular weight excluding hydrogens is 528 g/mol. The summed E-state index contributed by atoms with van der Waals surface area (Å²) in [7, 11) is 0. The summed E-state index contributed by atoms with van der Waals surface area (Å²) >= 11 is 0. The molecule has 0 heterocycles. The lowest BCUT2D eigenvalue weighted by molar-refractivity contribution is 0.0734. The van der Waals surface area contributed by atoms with Gasteiger partial charge in [0.15, 0.2) is 0 Å². The van der Waals surface area contributed by atoms with Crippen LogP contribution >= 0.6 is 0 Å². The van der Waals surface area contributed by atoms with Crippen molar-refractivity contribution in [3.8, 4) is 11.5 Å².